The fraction of sp³-hybridized carbons (Fsp3) is 0.500. The number of halogens is 2. The third kappa shape index (κ3) is 4.26. The van der Waals surface area contributed by atoms with Gasteiger partial charge < -0.3 is 5.32 Å². The van der Waals surface area contributed by atoms with Crippen LogP contribution >= 0.6 is 11.8 Å². The first-order valence-electron chi connectivity index (χ1n) is 5.71. The molecule has 2 rings (SSSR count). The topological polar surface area (TPSA) is 15.3 Å². The van der Waals surface area contributed by atoms with E-state index in [1.807, 2.05) is 18.2 Å². The van der Waals surface area contributed by atoms with E-state index in [9.17, 15) is 8.78 Å². The van der Waals surface area contributed by atoms with E-state index in [-0.39, 0.29) is 0 Å². The molecule has 0 aromatic heterocycles. The van der Waals surface area contributed by atoms with E-state index in [1.165, 1.54) is 0 Å². The molecule has 17 heavy (non-hydrogen) atoms. The highest BCUT2D eigenvalue weighted by Gasteiger charge is 2.11. The predicted molar refractivity (Wildman–Crippen MR) is 66.4 cm³/mol. The van der Waals surface area contributed by atoms with Gasteiger partial charge in [0.05, 0.1) is 0 Å². The third-order valence-electron chi connectivity index (χ3n) is 2.74. The minimum atomic E-state index is -2.34. The summed E-state index contributed by atoms with van der Waals surface area (Å²) in [6, 6.07) is 7.44. The van der Waals surface area contributed by atoms with Crippen molar-refractivity contribution < 1.29 is 8.78 Å². The molecule has 1 aliphatic heterocycles. The number of hydrogen-bond acceptors (Lipinski definition) is 3. The fourth-order valence-electron chi connectivity index (χ4n) is 1.95. The molecule has 0 saturated carbocycles. The largest absolute Gasteiger partial charge is 0.314 e. The zero-order chi connectivity index (χ0) is 12.1. The van der Waals surface area contributed by atoms with Crippen LogP contribution in [-0.2, 0) is 6.54 Å². The quantitative estimate of drug-likeness (QED) is 0.835. The van der Waals surface area contributed by atoms with Gasteiger partial charge in [-0.2, -0.15) is 8.78 Å². The first-order chi connectivity index (χ1) is 8.24. The second-order valence-corrected chi connectivity index (χ2v) is 5.12. The van der Waals surface area contributed by atoms with E-state index in [1.54, 1.807) is 6.07 Å². The molecule has 1 fully saturated rings. The molecule has 1 aliphatic rings. The van der Waals surface area contributed by atoms with Gasteiger partial charge in [0.1, 0.15) is 0 Å². The smallest absolute Gasteiger partial charge is 0.288 e. The van der Waals surface area contributed by atoms with Gasteiger partial charge in [0.2, 0.25) is 0 Å². The van der Waals surface area contributed by atoms with Crippen molar-refractivity contribution in [1.82, 2.24) is 10.2 Å². The maximum absolute atomic E-state index is 12.3. The van der Waals surface area contributed by atoms with Crippen molar-refractivity contribution in [3.63, 3.8) is 0 Å². The summed E-state index contributed by atoms with van der Waals surface area (Å²) >= 11 is 0.610. The SMILES string of the molecule is FC(F)Sc1cccc(CN2CCNCC2)c1. The Morgan fingerprint density at radius 3 is 2.76 bits per heavy atom. The van der Waals surface area contributed by atoms with Gasteiger partial charge in [-0.25, -0.2) is 0 Å². The third-order valence-corrected chi connectivity index (χ3v) is 3.44. The highest BCUT2D eigenvalue weighted by molar-refractivity contribution is 7.99. The average Bonchev–Trinajstić information content (AvgIpc) is 2.30. The Labute approximate surface area is 104 Å². The number of nitrogens with one attached hydrogen (secondary N) is 1. The first kappa shape index (κ1) is 12.8. The van der Waals surface area contributed by atoms with Crippen molar-refractivity contribution in [3.05, 3.63) is 29.8 Å². The van der Waals surface area contributed by atoms with Crippen molar-refractivity contribution >= 4 is 11.8 Å². The van der Waals surface area contributed by atoms with Crippen LogP contribution in [0.15, 0.2) is 29.2 Å². The summed E-state index contributed by atoms with van der Waals surface area (Å²) in [5.74, 6) is -2.34. The van der Waals surface area contributed by atoms with Crippen molar-refractivity contribution in [2.24, 2.45) is 0 Å². The van der Waals surface area contributed by atoms with Crippen LogP contribution in [0, 0.1) is 0 Å². The lowest BCUT2D eigenvalue weighted by Crippen LogP contribution is -2.42. The van der Waals surface area contributed by atoms with E-state index in [0.717, 1.165) is 38.3 Å². The number of alkyl halides is 2. The maximum atomic E-state index is 12.3. The summed E-state index contributed by atoms with van der Waals surface area (Å²) in [5, 5.41) is 3.29. The molecule has 1 saturated heterocycles. The highest BCUT2D eigenvalue weighted by atomic mass is 32.2. The van der Waals surface area contributed by atoms with Gasteiger partial charge in [0.15, 0.2) is 0 Å². The fourth-order valence-corrected chi connectivity index (χ4v) is 2.53. The molecule has 94 valence electrons. The molecule has 0 unspecified atom stereocenters. The number of nitrogens with zero attached hydrogens (tertiary/aromatic N) is 1. The van der Waals surface area contributed by atoms with E-state index in [0.29, 0.717) is 16.7 Å². The Bertz CT molecular complexity index is 354. The van der Waals surface area contributed by atoms with Crippen molar-refractivity contribution in [2.75, 3.05) is 26.2 Å². The van der Waals surface area contributed by atoms with Gasteiger partial charge in [0.25, 0.3) is 5.76 Å². The van der Waals surface area contributed by atoms with Gasteiger partial charge >= 0.3 is 0 Å². The number of benzene rings is 1. The lowest BCUT2D eigenvalue weighted by Gasteiger charge is -2.27. The molecule has 0 spiro atoms. The number of hydrogen-bond donors (Lipinski definition) is 1. The highest BCUT2D eigenvalue weighted by Crippen LogP contribution is 2.26. The van der Waals surface area contributed by atoms with Crippen molar-refractivity contribution in [3.8, 4) is 0 Å². The van der Waals surface area contributed by atoms with Gasteiger partial charge in [-0.3, -0.25) is 4.90 Å². The van der Waals surface area contributed by atoms with Crippen LogP contribution in [-0.4, -0.2) is 36.8 Å². The minimum absolute atomic E-state index is 0.610. The van der Waals surface area contributed by atoms with Crippen LogP contribution in [0.5, 0.6) is 0 Å². The van der Waals surface area contributed by atoms with Gasteiger partial charge in [0, 0.05) is 37.6 Å². The zero-order valence-corrected chi connectivity index (χ0v) is 10.4. The van der Waals surface area contributed by atoms with E-state index >= 15 is 0 Å². The summed E-state index contributed by atoms with van der Waals surface area (Å²) in [4.78, 5) is 2.98. The van der Waals surface area contributed by atoms with Crippen LogP contribution in [0.1, 0.15) is 5.56 Å². The predicted octanol–water partition coefficient (Wildman–Crippen LogP) is 2.41. The van der Waals surface area contributed by atoms with Gasteiger partial charge in [-0.1, -0.05) is 23.9 Å². The summed E-state index contributed by atoms with van der Waals surface area (Å²) in [7, 11) is 0. The van der Waals surface area contributed by atoms with Crippen LogP contribution in [0.25, 0.3) is 0 Å². The Morgan fingerprint density at radius 1 is 1.29 bits per heavy atom. The summed E-state index contributed by atoms with van der Waals surface area (Å²) in [5.41, 5.74) is 1.11. The molecule has 1 aromatic carbocycles. The standard InChI is InChI=1S/C12H16F2N2S/c13-12(14)17-11-3-1-2-10(8-11)9-16-6-4-15-5-7-16/h1-3,8,12,15H,4-7,9H2. The number of piperazine rings is 1. The molecule has 1 aromatic rings. The first-order valence-corrected chi connectivity index (χ1v) is 6.59. The molecular formula is C12H16F2N2S. The van der Waals surface area contributed by atoms with Gasteiger partial charge in [-0.15, -0.1) is 0 Å². The molecule has 1 heterocycles. The Morgan fingerprint density at radius 2 is 2.06 bits per heavy atom. The van der Waals surface area contributed by atoms with E-state index < -0.39 is 5.76 Å². The van der Waals surface area contributed by atoms with Crippen LogP contribution in [0.2, 0.25) is 0 Å². The van der Waals surface area contributed by atoms with Crippen molar-refractivity contribution in [1.29, 1.82) is 0 Å². The van der Waals surface area contributed by atoms with E-state index in [2.05, 4.69) is 10.2 Å². The zero-order valence-electron chi connectivity index (χ0n) is 9.53. The molecule has 5 heteroatoms. The van der Waals surface area contributed by atoms with Crippen LogP contribution in [0.3, 0.4) is 0 Å². The molecule has 0 aliphatic carbocycles. The number of rotatable bonds is 4. The summed E-state index contributed by atoms with van der Waals surface area (Å²) in [6.07, 6.45) is 0. The summed E-state index contributed by atoms with van der Waals surface area (Å²) < 4.78 is 24.5. The molecule has 0 atom stereocenters. The lowest BCUT2D eigenvalue weighted by molar-refractivity contribution is 0.233. The van der Waals surface area contributed by atoms with Crippen LogP contribution in [0.4, 0.5) is 8.78 Å². The second kappa shape index (κ2) is 6.33. The monoisotopic (exact) mass is 258 g/mol. The molecule has 0 radical (unpaired) electrons. The Kier molecular flexibility index (Phi) is 4.76. The van der Waals surface area contributed by atoms with Crippen LogP contribution < -0.4 is 5.32 Å². The second-order valence-electron chi connectivity index (χ2n) is 4.05. The minimum Gasteiger partial charge on any atom is -0.314 e. The Hall–Kier alpha value is -0.650. The molecule has 0 bridgehead atoms. The number of thioether (sulfide) groups is 1. The average molecular weight is 258 g/mol. The molecule has 0 amide bonds. The summed E-state index contributed by atoms with van der Waals surface area (Å²) in [6.45, 7) is 4.90. The molecule has 1 N–H and O–H groups in total. The lowest BCUT2D eigenvalue weighted by atomic mass is 10.2. The Balaban J connectivity index is 1.95. The normalized spacial score (nSPS) is 17.6. The van der Waals surface area contributed by atoms with Crippen molar-refractivity contribution in [2.45, 2.75) is 17.2 Å². The molecular weight excluding hydrogens is 242 g/mol. The van der Waals surface area contributed by atoms with E-state index in [4.69, 9.17) is 0 Å². The maximum Gasteiger partial charge on any atom is 0.288 e. The van der Waals surface area contributed by atoms with Gasteiger partial charge in [-0.05, 0) is 17.7 Å². The molecule has 2 nitrogen and oxygen atoms in total.